The summed E-state index contributed by atoms with van der Waals surface area (Å²) in [7, 11) is 0. The molecule has 6 aromatic rings. The molecule has 0 saturated heterocycles. The van der Waals surface area contributed by atoms with E-state index in [0.717, 1.165) is 39.6 Å². The summed E-state index contributed by atoms with van der Waals surface area (Å²) < 4.78 is 2.00. The lowest BCUT2D eigenvalue weighted by Gasteiger charge is -2.36. The topological polar surface area (TPSA) is 43.6 Å². The first-order chi connectivity index (χ1) is 19.3. The largest absolute Gasteiger partial charge is 0.205 e. The van der Waals surface area contributed by atoms with E-state index in [1.54, 1.807) is 0 Å². The van der Waals surface area contributed by atoms with Crippen molar-refractivity contribution in [2.75, 3.05) is 5.33 Å². The Balaban J connectivity index is 1.68. The Hall–Kier alpha value is -4.35. The third kappa shape index (κ3) is 4.49. The van der Waals surface area contributed by atoms with Crippen molar-refractivity contribution in [1.29, 1.82) is 0 Å². The van der Waals surface area contributed by atoms with Crippen LogP contribution in [0.3, 0.4) is 0 Å². The van der Waals surface area contributed by atoms with Gasteiger partial charge < -0.3 is 0 Å². The van der Waals surface area contributed by atoms with Crippen molar-refractivity contribution in [3.8, 4) is 22.5 Å². The molecule has 5 heteroatoms. The third-order valence-corrected chi connectivity index (χ3v) is 7.60. The second-order valence-corrected chi connectivity index (χ2v) is 10.2. The second kappa shape index (κ2) is 11.2. The molecule has 1 aromatic heterocycles. The van der Waals surface area contributed by atoms with E-state index in [-0.39, 0.29) is 0 Å². The van der Waals surface area contributed by atoms with E-state index >= 15 is 0 Å². The SMILES string of the molecule is BrCCc1ccccc1-c1ccccc1-c1nnnn1C(c1ccccc1)(c1ccccc1)c1ccccc1. The van der Waals surface area contributed by atoms with Crippen molar-refractivity contribution in [3.63, 3.8) is 0 Å². The molecular formula is C34H27BrN4. The predicted molar refractivity (Wildman–Crippen MR) is 161 cm³/mol. The number of aryl methyl sites for hydroxylation is 1. The number of rotatable bonds is 8. The standard InChI is InChI=1S/C34H27BrN4/c35-25-24-26-14-10-11-21-30(26)31-22-12-13-23-32(31)33-36-37-38-39(33)34(27-15-4-1-5-16-27,28-17-6-2-7-18-28)29-19-8-3-9-20-29/h1-23H,24-25H2. The summed E-state index contributed by atoms with van der Waals surface area (Å²) in [5.41, 5.74) is 6.98. The number of aromatic nitrogens is 4. The lowest BCUT2D eigenvalue weighted by atomic mass is 9.77. The summed E-state index contributed by atoms with van der Waals surface area (Å²) in [5, 5.41) is 14.6. The lowest BCUT2D eigenvalue weighted by molar-refractivity contribution is 0.451. The maximum absolute atomic E-state index is 4.74. The summed E-state index contributed by atoms with van der Waals surface area (Å²) in [5.74, 6) is 0.704. The lowest BCUT2D eigenvalue weighted by Crippen LogP contribution is -2.39. The Labute approximate surface area is 237 Å². The Bertz CT molecular complexity index is 1570. The van der Waals surface area contributed by atoms with Gasteiger partial charge in [-0.05, 0) is 50.2 Å². The molecule has 190 valence electrons. The van der Waals surface area contributed by atoms with Crippen LogP contribution in [0.4, 0.5) is 0 Å². The first-order valence-corrected chi connectivity index (χ1v) is 14.1. The molecular weight excluding hydrogens is 544 g/mol. The van der Waals surface area contributed by atoms with Gasteiger partial charge in [0.2, 0.25) is 0 Å². The maximum atomic E-state index is 4.74. The Morgan fingerprint density at radius 3 is 1.54 bits per heavy atom. The molecule has 0 spiro atoms. The number of hydrogen-bond acceptors (Lipinski definition) is 3. The highest BCUT2D eigenvalue weighted by Gasteiger charge is 2.42. The third-order valence-electron chi connectivity index (χ3n) is 7.20. The number of halogens is 1. The zero-order chi connectivity index (χ0) is 26.5. The molecule has 0 unspecified atom stereocenters. The zero-order valence-electron chi connectivity index (χ0n) is 21.4. The summed E-state index contributed by atoms with van der Waals surface area (Å²) in [4.78, 5) is 0. The van der Waals surface area contributed by atoms with Gasteiger partial charge in [-0.3, -0.25) is 0 Å². The van der Waals surface area contributed by atoms with Crippen LogP contribution in [-0.4, -0.2) is 25.5 Å². The fraction of sp³-hybridized carbons (Fsp3) is 0.0882. The van der Waals surface area contributed by atoms with E-state index < -0.39 is 5.54 Å². The van der Waals surface area contributed by atoms with Crippen LogP contribution >= 0.6 is 15.9 Å². The molecule has 0 saturated carbocycles. The number of alkyl halides is 1. The Morgan fingerprint density at radius 1 is 0.538 bits per heavy atom. The molecule has 0 aliphatic rings. The van der Waals surface area contributed by atoms with Crippen LogP contribution in [0.1, 0.15) is 22.3 Å². The minimum absolute atomic E-state index is 0.704. The normalized spacial score (nSPS) is 11.4. The van der Waals surface area contributed by atoms with Crippen LogP contribution in [-0.2, 0) is 12.0 Å². The molecule has 0 atom stereocenters. The first-order valence-electron chi connectivity index (χ1n) is 13.0. The van der Waals surface area contributed by atoms with Gasteiger partial charge in [0.1, 0.15) is 5.54 Å². The average Bonchev–Trinajstić information content (AvgIpc) is 3.50. The first kappa shape index (κ1) is 25.0. The summed E-state index contributed by atoms with van der Waals surface area (Å²) in [6, 6.07) is 48.5. The van der Waals surface area contributed by atoms with E-state index in [2.05, 4.69) is 148 Å². The summed E-state index contributed by atoms with van der Waals surface area (Å²) in [6.45, 7) is 0. The van der Waals surface area contributed by atoms with Gasteiger partial charge in [0.05, 0.1) is 0 Å². The molecule has 39 heavy (non-hydrogen) atoms. The van der Waals surface area contributed by atoms with Crippen molar-refractivity contribution in [2.45, 2.75) is 12.0 Å². The van der Waals surface area contributed by atoms with E-state index in [4.69, 9.17) is 5.21 Å². The van der Waals surface area contributed by atoms with Crippen LogP contribution in [0.5, 0.6) is 0 Å². The van der Waals surface area contributed by atoms with Crippen LogP contribution in [0.25, 0.3) is 22.5 Å². The van der Waals surface area contributed by atoms with Crippen LogP contribution in [0.15, 0.2) is 140 Å². The number of nitrogens with zero attached hydrogens (tertiary/aromatic N) is 4. The van der Waals surface area contributed by atoms with E-state index in [9.17, 15) is 0 Å². The van der Waals surface area contributed by atoms with Crippen LogP contribution in [0.2, 0.25) is 0 Å². The van der Waals surface area contributed by atoms with Gasteiger partial charge >= 0.3 is 0 Å². The van der Waals surface area contributed by atoms with Gasteiger partial charge in [-0.25, -0.2) is 4.68 Å². The number of benzene rings is 5. The van der Waals surface area contributed by atoms with E-state index in [0.29, 0.717) is 5.82 Å². The molecule has 1 heterocycles. The second-order valence-electron chi connectivity index (χ2n) is 9.36. The predicted octanol–water partition coefficient (Wildman–Crippen LogP) is 7.78. The molecule has 0 fully saturated rings. The fourth-order valence-electron chi connectivity index (χ4n) is 5.50. The quantitative estimate of drug-likeness (QED) is 0.138. The van der Waals surface area contributed by atoms with Crippen LogP contribution in [0, 0.1) is 0 Å². The molecule has 0 aliphatic heterocycles. The van der Waals surface area contributed by atoms with Crippen molar-refractivity contribution in [3.05, 3.63) is 162 Å². The summed E-state index contributed by atoms with van der Waals surface area (Å²) >= 11 is 3.63. The molecule has 5 aromatic carbocycles. The Kier molecular flexibility index (Phi) is 7.15. The van der Waals surface area contributed by atoms with Gasteiger partial charge in [0.15, 0.2) is 5.82 Å². The van der Waals surface area contributed by atoms with E-state index in [1.165, 1.54) is 11.1 Å². The highest BCUT2D eigenvalue weighted by Crippen LogP contribution is 2.43. The monoisotopic (exact) mass is 570 g/mol. The minimum atomic E-state index is -0.800. The van der Waals surface area contributed by atoms with Crippen molar-refractivity contribution in [1.82, 2.24) is 20.2 Å². The molecule has 0 N–H and O–H groups in total. The highest BCUT2D eigenvalue weighted by molar-refractivity contribution is 9.09. The smallest absolute Gasteiger partial charge is 0.184 e. The highest BCUT2D eigenvalue weighted by atomic mass is 79.9. The van der Waals surface area contributed by atoms with Gasteiger partial charge in [0, 0.05) is 10.9 Å². The molecule has 0 radical (unpaired) electrons. The maximum Gasteiger partial charge on any atom is 0.184 e. The summed E-state index contributed by atoms with van der Waals surface area (Å²) in [6.07, 6.45) is 0.928. The zero-order valence-corrected chi connectivity index (χ0v) is 22.9. The molecule has 0 aliphatic carbocycles. The average molecular weight is 572 g/mol. The van der Waals surface area contributed by atoms with Crippen molar-refractivity contribution >= 4 is 15.9 Å². The van der Waals surface area contributed by atoms with Gasteiger partial charge in [0.25, 0.3) is 0 Å². The van der Waals surface area contributed by atoms with Crippen molar-refractivity contribution in [2.24, 2.45) is 0 Å². The van der Waals surface area contributed by atoms with Crippen molar-refractivity contribution < 1.29 is 0 Å². The molecule has 0 amide bonds. The van der Waals surface area contributed by atoms with Crippen LogP contribution < -0.4 is 0 Å². The van der Waals surface area contributed by atoms with Gasteiger partial charge in [-0.1, -0.05) is 155 Å². The minimum Gasteiger partial charge on any atom is -0.205 e. The Morgan fingerprint density at radius 2 is 1.00 bits per heavy atom. The number of tetrazole rings is 1. The molecule has 4 nitrogen and oxygen atoms in total. The van der Waals surface area contributed by atoms with Gasteiger partial charge in [-0.2, -0.15) is 0 Å². The fourth-order valence-corrected chi connectivity index (χ4v) is 5.93. The molecule has 0 bridgehead atoms. The van der Waals surface area contributed by atoms with Gasteiger partial charge in [-0.15, -0.1) is 5.10 Å². The molecule has 6 rings (SSSR count). The van der Waals surface area contributed by atoms with E-state index in [1.807, 2.05) is 22.9 Å². The number of hydrogen-bond donors (Lipinski definition) is 0.